The quantitative estimate of drug-likeness (QED) is 0.652. The van der Waals surface area contributed by atoms with Crippen molar-refractivity contribution in [3.8, 4) is 10.7 Å². The molecule has 3 aromatic rings. The Labute approximate surface area is 155 Å². The van der Waals surface area contributed by atoms with Gasteiger partial charge >= 0.3 is 0 Å². The van der Waals surface area contributed by atoms with Crippen molar-refractivity contribution in [1.29, 1.82) is 0 Å². The van der Waals surface area contributed by atoms with Crippen LogP contribution in [0.25, 0.3) is 10.7 Å². The Hall–Kier alpha value is -2.18. The fourth-order valence-electron chi connectivity index (χ4n) is 2.44. The number of aryl methyl sites for hydroxylation is 1. The number of hydrogen-bond acceptors (Lipinski definition) is 5. The molecule has 5 nitrogen and oxygen atoms in total. The predicted molar refractivity (Wildman–Crippen MR) is 98.6 cm³/mol. The highest BCUT2D eigenvalue weighted by molar-refractivity contribution is 7.13. The van der Waals surface area contributed by atoms with Crippen LogP contribution < -0.4 is 5.32 Å². The summed E-state index contributed by atoms with van der Waals surface area (Å²) in [5, 5.41) is 9.57. The molecule has 2 heterocycles. The zero-order valence-electron chi connectivity index (χ0n) is 13.7. The van der Waals surface area contributed by atoms with Crippen LogP contribution in [-0.2, 0) is 11.2 Å². The van der Waals surface area contributed by atoms with Crippen molar-refractivity contribution < 1.29 is 9.32 Å². The first-order valence-electron chi connectivity index (χ1n) is 8.03. The topological polar surface area (TPSA) is 68.0 Å². The Morgan fingerprint density at radius 3 is 3.00 bits per heavy atom. The van der Waals surface area contributed by atoms with E-state index in [1.807, 2.05) is 48.7 Å². The summed E-state index contributed by atoms with van der Waals surface area (Å²) in [6.07, 6.45) is 1.64. The minimum atomic E-state index is -0.0833. The Kier molecular flexibility index (Phi) is 5.83. The van der Waals surface area contributed by atoms with Gasteiger partial charge in [-0.1, -0.05) is 35.0 Å². The van der Waals surface area contributed by atoms with Crippen molar-refractivity contribution in [2.45, 2.75) is 32.2 Å². The summed E-state index contributed by atoms with van der Waals surface area (Å²) in [4.78, 5) is 17.4. The molecule has 2 aromatic heterocycles. The lowest BCUT2D eigenvalue weighted by molar-refractivity contribution is -0.121. The third kappa shape index (κ3) is 4.90. The molecule has 3 rings (SSSR count). The first-order chi connectivity index (χ1) is 12.1. The third-order valence-corrected chi connectivity index (χ3v) is 4.83. The van der Waals surface area contributed by atoms with E-state index in [2.05, 4.69) is 15.5 Å². The Morgan fingerprint density at radius 2 is 2.24 bits per heavy atom. The smallest absolute Gasteiger partial charge is 0.226 e. The van der Waals surface area contributed by atoms with E-state index in [-0.39, 0.29) is 11.9 Å². The molecular weight excluding hydrogens is 358 g/mol. The number of nitrogens with zero attached hydrogens (tertiary/aromatic N) is 2. The van der Waals surface area contributed by atoms with Crippen LogP contribution in [0.3, 0.4) is 0 Å². The van der Waals surface area contributed by atoms with Crippen molar-refractivity contribution >= 4 is 28.8 Å². The zero-order chi connectivity index (χ0) is 17.6. The lowest BCUT2D eigenvalue weighted by Gasteiger charge is -2.14. The normalized spacial score (nSPS) is 12.1. The number of carbonyl (C=O) groups excluding carboxylic acids is 1. The fourth-order valence-corrected chi connectivity index (χ4v) is 3.28. The van der Waals surface area contributed by atoms with E-state index in [1.165, 1.54) is 0 Å². The van der Waals surface area contributed by atoms with Crippen molar-refractivity contribution in [1.82, 2.24) is 15.5 Å². The maximum absolute atomic E-state index is 12.1. The standard InChI is InChI=1S/C18H18ClN3O2S/c1-12(13-5-2-6-14(19)11-13)20-16(23)8-3-9-17-21-18(22-24-17)15-7-4-10-25-15/h2,4-7,10-12H,3,8-9H2,1H3,(H,20,23). The molecule has 0 bridgehead atoms. The van der Waals surface area contributed by atoms with Crippen LogP contribution in [0, 0.1) is 0 Å². The summed E-state index contributed by atoms with van der Waals surface area (Å²) in [5.74, 6) is 1.15. The molecule has 0 radical (unpaired) electrons. The van der Waals surface area contributed by atoms with Crippen LogP contribution in [0.15, 0.2) is 46.3 Å². The molecule has 1 unspecified atom stereocenters. The number of rotatable bonds is 7. The summed E-state index contributed by atoms with van der Waals surface area (Å²) >= 11 is 7.55. The fraction of sp³-hybridized carbons (Fsp3) is 0.278. The van der Waals surface area contributed by atoms with Crippen molar-refractivity contribution in [2.24, 2.45) is 0 Å². The van der Waals surface area contributed by atoms with E-state index in [4.69, 9.17) is 16.1 Å². The van der Waals surface area contributed by atoms with Gasteiger partial charge in [-0.2, -0.15) is 4.98 Å². The summed E-state index contributed by atoms with van der Waals surface area (Å²) < 4.78 is 5.23. The highest BCUT2D eigenvalue weighted by Gasteiger charge is 2.12. The van der Waals surface area contributed by atoms with Crippen molar-refractivity contribution in [3.63, 3.8) is 0 Å². The minimum absolute atomic E-state index is 0.00882. The van der Waals surface area contributed by atoms with E-state index < -0.39 is 0 Å². The average Bonchev–Trinajstić information content (AvgIpc) is 3.26. The Balaban J connectivity index is 1.45. The molecule has 7 heteroatoms. The summed E-state index contributed by atoms with van der Waals surface area (Å²) in [5.41, 5.74) is 0.985. The second-order valence-corrected chi connectivity index (χ2v) is 7.07. The van der Waals surface area contributed by atoms with Gasteiger partial charge in [-0.25, -0.2) is 0 Å². The van der Waals surface area contributed by atoms with Crippen LogP contribution in [0.2, 0.25) is 5.02 Å². The van der Waals surface area contributed by atoms with Gasteiger partial charge < -0.3 is 9.84 Å². The third-order valence-electron chi connectivity index (χ3n) is 3.73. The first-order valence-corrected chi connectivity index (χ1v) is 9.29. The van der Waals surface area contributed by atoms with Crippen LogP contribution in [0.1, 0.15) is 37.3 Å². The van der Waals surface area contributed by atoms with Gasteiger partial charge in [0.05, 0.1) is 10.9 Å². The number of hydrogen-bond donors (Lipinski definition) is 1. The van der Waals surface area contributed by atoms with Gasteiger partial charge in [0.2, 0.25) is 17.6 Å². The largest absolute Gasteiger partial charge is 0.350 e. The average molecular weight is 376 g/mol. The molecule has 0 saturated heterocycles. The maximum atomic E-state index is 12.1. The van der Waals surface area contributed by atoms with Crippen LogP contribution in [0.5, 0.6) is 0 Å². The van der Waals surface area contributed by atoms with Gasteiger partial charge in [0.15, 0.2) is 0 Å². The molecule has 0 aliphatic rings. The summed E-state index contributed by atoms with van der Waals surface area (Å²) in [7, 11) is 0. The van der Waals surface area contributed by atoms with Gasteiger partial charge in [0.1, 0.15) is 0 Å². The van der Waals surface area contributed by atoms with E-state index in [1.54, 1.807) is 11.3 Å². The first kappa shape index (κ1) is 17.6. The molecule has 25 heavy (non-hydrogen) atoms. The monoisotopic (exact) mass is 375 g/mol. The molecule has 0 aliphatic heterocycles. The second kappa shape index (κ2) is 8.27. The van der Waals surface area contributed by atoms with Crippen molar-refractivity contribution in [2.75, 3.05) is 0 Å². The van der Waals surface area contributed by atoms with E-state index >= 15 is 0 Å². The van der Waals surface area contributed by atoms with Gasteiger partial charge in [-0.15, -0.1) is 11.3 Å². The van der Waals surface area contributed by atoms with E-state index in [0.29, 0.717) is 36.0 Å². The highest BCUT2D eigenvalue weighted by atomic mass is 35.5. The van der Waals surface area contributed by atoms with Gasteiger partial charge in [-0.3, -0.25) is 4.79 Å². The molecule has 0 saturated carbocycles. The van der Waals surface area contributed by atoms with Gasteiger partial charge in [-0.05, 0) is 42.5 Å². The van der Waals surface area contributed by atoms with Crippen LogP contribution >= 0.6 is 22.9 Å². The van der Waals surface area contributed by atoms with E-state index in [0.717, 1.165) is 10.4 Å². The molecular formula is C18H18ClN3O2S. The molecule has 1 atom stereocenters. The molecule has 0 aliphatic carbocycles. The lowest BCUT2D eigenvalue weighted by atomic mass is 10.1. The van der Waals surface area contributed by atoms with Gasteiger partial charge in [0, 0.05) is 17.9 Å². The number of nitrogens with one attached hydrogen (secondary N) is 1. The molecule has 0 fully saturated rings. The SMILES string of the molecule is CC(NC(=O)CCCc1nc(-c2cccs2)no1)c1cccc(Cl)c1. The van der Waals surface area contributed by atoms with Crippen LogP contribution in [-0.4, -0.2) is 16.0 Å². The Bertz CT molecular complexity index is 832. The number of amides is 1. The molecule has 1 aromatic carbocycles. The molecule has 0 spiro atoms. The van der Waals surface area contributed by atoms with Crippen molar-refractivity contribution in [3.05, 3.63) is 58.3 Å². The van der Waals surface area contributed by atoms with Crippen LogP contribution in [0.4, 0.5) is 0 Å². The lowest BCUT2D eigenvalue weighted by Crippen LogP contribution is -2.26. The number of thiophene rings is 1. The predicted octanol–water partition coefficient (Wildman–Crippen LogP) is 4.65. The Morgan fingerprint density at radius 1 is 1.36 bits per heavy atom. The number of aromatic nitrogens is 2. The van der Waals surface area contributed by atoms with E-state index in [9.17, 15) is 4.79 Å². The molecule has 1 amide bonds. The van der Waals surface area contributed by atoms with Gasteiger partial charge in [0.25, 0.3) is 0 Å². The summed E-state index contributed by atoms with van der Waals surface area (Å²) in [6.45, 7) is 1.94. The number of carbonyl (C=O) groups is 1. The maximum Gasteiger partial charge on any atom is 0.226 e. The number of halogens is 1. The molecule has 1 N–H and O–H groups in total. The highest BCUT2D eigenvalue weighted by Crippen LogP contribution is 2.22. The minimum Gasteiger partial charge on any atom is -0.350 e. The number of benzene rings is 1. The summed E-state index contributed by atoms with van der Waals surface area (Å²) in [6, 6.07) is 11.3. The second-order valence-electron chi connectivity index (χ2n) is 5.69. The zero-order valence-corrected chi connectivity index (χ0v) is 15.3. The molecule has 130 valence electrons.